The highest BCUT2D eigenvalue weighted by molar-refractivity contribution is 6.04. The van der Waals surface area contributed by atoms with E-state index in [1.54, 1.807) is 26.4 Å². The van der Waals surface area contributed by atoms with Crippen LogP contribution in [0, 0.1) is 0 Å². The van der Waals surface area contributed by atoms with Gasteiger partial charge in [-0.05, 0) is 54.1 Å². The van der Waals surface area contributed by atoms with Crippen molar-refractivity contribution in [3.63, 3.8) is 0 Å². The van der Waals surface area contributed by atoms with Crippen molar-refractivity contribution in [2.24, 2.45) is 0 Å². The third-order valence-electron chi connectivity index (χ3n) is 4.12. The van der Waals surface area contributed by atoms with Crippen molar-refractivity contribution >= 4 is 17.3 Å². The Bertz CT molecular complexity index is 893. The van der Waals surface area contributed by atoms with Gasteiger partial charge in [0.1, 0.15) is 0 Å². The number of nitrogens with one attached hydrogen (secondary N) is 2. The summed E-state index contributed by atoms with van der Waals surface area (Å²) in [7, 11) is 3.24. The minimum Gasteiger partial charge on any atom is -0.493 e. The molecule has 0 aliphatic carbocycles. The molecule has 0 aliphatic rings. The predicted octanol–water partition coefficient (Wildman–Crippen LogP) is 4.57. The number of amides is 1. The van der Waals surface area contributed by atoms with Crippen LogP contribution in [0.3, 0.4) is 0 Å². The van der Waals surface area contributed by atoms with E-state index in [9.17, 15) is 4.79 Å². The molecule has 0 bridgehead atoms. The molecule has 3 aromatic rings. The molecular formula is C22H22N2O3. The smallest absolute Gasteiger partial charge is 0.255 e. The minimum atomic E-state index is -0.123. The average Bonchev–Trinajstić information content (AvgIpc) is 2.73. The second-order valence-electron chi connectivity index (χ2n) is 5.94. The van der Waals surface area contributed by atoms with Crippen LogP contribution in [0.2, 0.25) is 0 Å². The molecule has 2 N–H and O–H groups in total. The molecule has 0 saturated heterocycles. The van der Waals surface area contributed by atoms with Crippen LogP contribution in [-0.2, 0) is 6.54 Å². The van der Waals surface area contributed by atoms with Gasteiger partial charge >= 0.3 is 0 Å². The molecule has 0 radical (unpaired) electrons. The Balaban J connectivity index is 1.59. The summed E-state index contributed by atoms with van der Waals surface area (Å²) in [5.41, 5.74) is 3.42. The van der Waals surface area contributed by atoms with Gasteiger partial charge in [0.05, 0.1) is 14.2 Å². The van der Waals surface area contributed by atoms with Gasteiger partial charge < -0.3 is 20.1 Å². The second-order valence-corrected chi connectivity index (χ2v) is 5.94. The predicted molar refractivity (Wildman–Crippen MR) is 108 cm³/mol. The molecule has 0 atom stereocenters. The zero-order valence-corrected chi connectivity index (χ0v) is 15.4. The van der Waals surface area contributed by atoms with Gasteiger partial charge in [-0.25, -0.2) is 0 Å². The Kier molecular flexibility index (Phi) is 5.94. The number of rotatable bonds is 7. The van der Waals surface area contributed by atoms with Gasteiger partial charge in [0.25, 0.3) is 5.91 Å². The van der Waals surface area contributed by atoms with E-state index in [0.29, 0.717) is 23.6 Å². The number of carbonyl (C=O) groups excluding carboxylic acids is 1. The first-order valence-electron chi connectivity index (χ1n) is 8.61. The number of methoxy groups -OCH3 is 2. The summed E-state index contributed by atoms with van der Waals surface area (Å²) in [5, 5.41) is 6.24. The summed E-state index contributed by atoms with van der Waals surface area (Å²) in [5.74, 6) is 1.29. The van der Waals surface area contributed by atoms with E-state index in [2.05, 4.69) is 10.6 Å². The molecule has 3 aromatic carbocycles. The monoisotopic (exact) mass is 362 g/mol. The molecule has 138 valence electrons. The van der Waals surface area contributed by atoms with Gasteiger partial charge in [0.2, 0.25) is 0 Å². The second kappa shape index (κ2) is 8.76. The van der Waals surface area contributed by atoms with Crippen LogP contribution < -0.4 is 20.1 Å². The number of hydrogen-bond acceptors (Lipinski definition) is 4. The maximum atomic E-state index is 12.2. The first kappa shape index (κ1) is 18.3. The molecule has 0 aliphatic heterocycles. The summed E-state index contributed by atoms with van der Waals surface area (Å²) in [6, 6.07) is 22.6. The Hall–Kier alpha value is -3.47. The van der Waals surface area contributed by atoms with Gasteiger partial charge in [0, 0.05) is 23.5 Å². The number of anilines is 2. The van der Waals surface area contributed by atoms with E-state index < -0.39 is 0 Å². The zero-order chi connectivity index (χ0) is 19.1. The third-order valence-corrected chi connectivity index (χ3v) is 4.12. The minimum absolute atomic E-state index is 0.123. The molecule has 0 aromatic heterocycles. The van der Waals surface area contributed by atoms with Crippen molar-refractivity contribution in [1.82, 2.24) is 0 Å². The highest BCUT2D eigenvalue weighted by Gasteiger charge is 2.06. The van der Waals surface area contributed by atoms with E-state index in [1.165, 1.54) is 0 Å². The summed E-state index contributed by atoms with van der Waals surface area (Å²) in [6.07, 6.45) is 0. The quantitative estimate of drug-likeness (QED) is 0.646. The number of carbonyl (C=O) groups is 1. The molecule has 0 heterocycles. The van der Waals surface area contributed by atoms with E-state index >= 15 is 0 Å². The molecule has 1 amide bonds. The molecule has 5 heteroatoms. The van der Waals surface area contributed by atoms with Gasteiger partial charge in [-0.3, -0.25) is 4.79 Å². The van der Waals surface area contributed by atoms with Crippen LogP contribution >= 0.6 is 0 Å². The molecule has 0 saturated carbocycles. The van der Waals surface area contributed by atoms with Crippen LogP contribution in [0.15, 0.2) is 72.8 Å². The lowest BCUT2D eigenvalue weighted by molar-refractivity contribution is 0.102. The lowest BCUT2D eigenvalue weighted by atomic mass is 10.2. The Morgan fingerprint density at radius 1 is 0.815 bits per heavy atom. The van der Waals surface area contributed by atoms with Gasteiger partial charge in [-0.15, -0.1) is 0 Å². The Morgan fingerprint density at radius 2 is 1.48 bits per heavy atom. The Labute approximate surface area is 158 Å². The fourth-order valence-electron chi connectivity index (χ4n) is 2.66. The molecule has 0 unspecified atom stereocenters. The zero-order valence-electron chi connectivity index (χ0n) is 15.4. The SMILES string of the molecule is COc1ccc(CNc2ccc(NC(=O)c3ccccc3)cc2)cc1OC. The van der Waals surface area contributed by atoms with Crippen molar-refractivity contribution in [3.05, 3.63) is 83.9 Å². The standard InChI is InChI=1S/C22H22N2O3/c1-26-20-13-8-16(14-21(20)27-2)15-23-18-9-11-19(12-10-18)24-22(25)17-6-4-3-5-7-17/h3-14,23H,15H2,1-2H3,(H,24,25). The van der Waals surface area contributed by atoms with Crippen LogP contribution in [0.25, 0.3) is 0 Å². The lowest BCUT2D eigenvalue weighted by Gasteiger charge is -2.11. The van der Waals surface area contributed by atoms with Crippen LogP contribution in [-0.4, -0.2) is 20.1 Å². The van der Waals surface area contributed by atoms with Crippen molar-refractivity contribution in [1.29, 1.82) is 0 Å². The molecule has 0 spiro atoms. The van der Waals surface area contributed by atoms with Gasteiger partial charge in [-0.1, -0.05) is 24.3 Å². The average molecular weight is 362 g/mol. The summed E-state index contributed by atoms with van der Waals surface area (Å²) >= 11 is 0. The summed E-state index contributed by atoms with van der Waals surface area (Å²) in [6.45, 7) is 0.649. The normalized spacial score (nSPS) is 10.1. The van der Waals surface area contributed by atoms with E-state index in [0.717, 1.165) is 16.9 Å². The van der Waals surface area contributed by atoms with Crippen molar-refractivity contribution in [3.8, 4) is 11.5 Å². The molecule has 5 nitrogen and oxygen atoms in total. The van der Waals surface area contributed by atoms with E-state index in [4.69, 9.17) is 9.47 Å². The fraction of sp³-hybridized carbons (Fsp3) is 0.136. The molecule has 3 rings (SSSR count). The highest BCUT2D eigenvalue weighted by Crippen LogP contribution is 2.28. The topological polar surface area (TPSA) is 59.6 Å². The van der Waals surface area contributed by atoms with Crippen molar-refractivity contribution in [2.45, 2.75) is 6.54 Å². The maximum Gasteiger partial charge on any atom is 0.255 e. The number of benzene rings is 3. The number of ether oxygens (including phenoxy) is 2. The first-order valence-corrected chi connectivity index (χ1v) is 8.61. The van der Waals surface area contributed by atoms with Gasteiger partial charge in [0.15, 0.2) is 11.5 Å². The summed E-state index contributed by atoms with van der Waals surface area (Å²) < 4.78 is 10.6. The first-order chi connectivity index (χ1) is 13.2. The van der Waals surface area contributed by atoms with Crippen LogP contribution in [0.5, 0.6) is 11.5 Å². The fourth-order valence-corrected chi connectivity index (χ4v) is 2.66. The lowest BCUT2D eigenvalue weighted by Crippen LogP contribution is -2.11. The maximum absolute atomic E-state index is 12.2. The number of hydrogen-bond donors (Lipinski definition) is 2. The summed E-state index contributed by atoms with van der Waals surface area (Å²) in [4.78, 5) is 12.2. The van der Waals surface area contributed by atoms with Gasteiger partial charge in [-0.2, -0.15) is 0 Å². The highest BCUT2D eigenvalue weighted by atomic mass is 16.5. The van der Waals surface area contributed by atoms with E-state index in [1.807, 2.05) is 60.7 Å². The van der Waals surface area contributed by atoms with Crippen molar-refractivity contribution in [2.75, 3.05) is 24.9 Å². The Morgan fingerprint density at radius 3 is 2.15 bits per heavy atom. The third kappa shape index (κ3) is 4.79. The molecule has 0 fully saturated rings. The van der Waals surface area contributed by atoms with Crippen LogP contribution in [0.1, 0.15) is 15.9 Å². The molecule has 27 heavy (non-hydrogen) atoms. The van der Waals surface area contributed by atoms with Crippen LogP contribution in [0.4, 0.5) is 11.4 Å². The van der Waals surface area contributed by atoms with Crippen molar-refractivity contribution < 1.29 is 14.3 Å². The largest absolute Gasteiger partial charge is 0.493 e. The van der Waals surface area contributed by atoms with E-state index in [-0.39, 0.29) is 5.91 Å². The molecular weight excluding hydrogens is 340 g/mol.